The second-order valence-electron chi connectivity index (χ2n) is 8.12. The number of benzene rings is 1. The molecule has 4 rings (SSSR count). The highest BCUT2D eigenvalue weighted by molar-refractivity contribution is 5.84. The van der Waals surface area contributed by atoms with E-state index in [2.05, 4.69) is 58.1 Å². The van der Waals surface area contributed by atoms with E-state index < -0.39 is 0 Å². The quantitative estimate of drug-likeness (QED) is 0.831. The number of nitrogens with zero attached hydrogens (tertiary/aromatic N) is 3. The van der Waals surface area contributed by atoms with Crippen LogP contribution in [0, 0.1) is 5.41 Å². The summed E-state index contributed by atoms with van der Waals surface area (Å²) in [6.45, 7) is 6.93. The Morgan fingerprint density at radius 3 is 2.48 bits per heavy atom. The third-order valence-corrected chi connectivity index (χ3v) is 6.39. The zero-order valence-electron chi connectivity index (χ0n) is 16.2. The molecule has 142 valence electrons. The summed E-state index contributed by atoms with van der Waals surface area (Å²) < 4.78 is 0. The van der Waals surface area contributed by atoms with Crippen LogP contribution in [0.1, 0.15) is 43.4 Å². The molecule has 1 aromatic heterocycles. The minimum atomic E-state index is 0.0160. The lowest BCUT2D eigenvalue weighted by atomic mass is 9.67. The first-order valence-corrected chi connectivity index (χ1v) is 10.2. The predicted octanol–water partition coefficient (Wildman–Crippen LogP) is 3.70. The van der Waals surface area contributed by atoms with Crippen LogP contribution >= 0.6 is 0 Å². The number of likely N-dealkylation sites (N-methyl/N-ethyl adjacent to an activating group) is 1. The fourth-order valence-corrected chi connectivity index (χ4v) is 4.77. The van der Waals surface area contributed by atoms with Crippen LogP contribution in [0.4, 0.5) is 0 Å². The summed E-state index contributed by atoms with van der Waals surface area (Å²) in [4.78, 5) is 22.1. The van der Waals surface area contributed by atoms with Crippen molar-refractivity contribution in [1.29, 1.82) is 0 Å². The van der Waals surface area contributed by atoms with E-state index in [0.717, 1.165) is 57.7 Å². The average Bonchev–Trinajstić information content (AvgIpc) is 2.73. The molecule has 0 bridgehead atoms. The number of carbonyl (C=O) groups is 1. The maximum absolute atomic E-state index is 13.0. The van der Waals surface area contributed by atoms with Crippen LogP contribution in [0.2, 0.25) is 0 Å². The van der Waals surface area contributed by atoms with Crippen LogP contribution in [-0.2, 0) is 11.3 Å². The molecule has 27 heavy (non-hydrogen) atoms. The van der Waals surface area contributed by atoms with Gasteiger partial charge < -0.3 is 4.90 Å². The van der Waals surface area contributed by atoms with E-state index in [1.54, 1.807) is 0 Å². The Hall–Kier alpha value is -2.20. The number of aromatic nitrogens is 1. The summed E-state index contributed by atoms with van der Waals surface area (Å²) in [6, 6.07) is 16.5. The van der Waals surface area contributed by atoms with Gasteiger partial charge in [-0.25, -0.2) is 0 Å². The van der Waals surface area contributed by atoms with Gasteiger partial charge in [0.15, 0.2) is 0 Å². The van der Waals surface area contributed by atoms with Gasteiger partial charge in [-0.3, -0.25) is 14.7 Å². The number of likely N-dealkylation sites (tertiary alicyclic amines) is 2. The molecule has 2 aromatic rings. The van der Waals surface area contributed by atoms with Gasteiger partial charge in [0.2, 0.25) is 5.91 Å². The van der Waals surface area contributed by atoms with Gasteiger partial charge >= 0.3 is 0 Å². The van der Waals surface area contributed by atoms with Crippen molar-refractivity contribution in [3.63, 3.8) is 0 Å². The Kier molecular flexibility index (Phi) is 5.26. The number of carbonyl (C=O) groups excluding carboxylic acids is 1. The fourth-order valence-electron chi connectivity index (χ4n) is 4.77. The molecule has 1 atom stereocenters. The Balaban J connectivity index is 1.47. The van der Waals surface area contributed by atoms with Crippen molar-refractivity contribution < 1.29 is 4.79 Å². The van der Waals surface area contributed by atoms with Crippen molar-refractivity contribution in [3.05, 3.63) is 66.0 Å². The highest BCUT2D eigenvalue weighted by Gasteiger charge is 2.45. The summed E-state index contributed by atoms with van der Waals surface area (Å²) >= 11 is 0. The third kappa shape index (κ3) is 3.91. The molecule has 2 saturated heterocycles. The van der Waals surface area contributed by atoms with Crippen molar-refractivity contribution in [2.24, 2.45) is 5.41 Å². The standard InChI is InChI=1S/C23H29N3O/c1-2-26-18-23(16-21(22(26)27)19-8-4-3-5-9-19)11-14-25(15-12-23)17-20-10-6-7-13-24-20/h3-10,13,21H,2,11-12,14-18H2,1H3/t21-/m0/s1. The largest absolute Gasteiger partial charge is 0.342 e. The first-order chi connectivity index (χ1) is 13.2. The lowest BCUT2D eigenvalue weighted by molar-refractivity contribution is -0.141. The van der Waals surface area contributed by atoms with Gasteiger partial charge in [0.1, 0.15) is 0 Å². The number of piperidine rings is 2. The molecule has 1 aromatic carbocycles. The molecule has 4 nitrogen and oxygen atoms in total. The van der Waals surface area contributed by atoms with Crippen molar-refractivity contribution in [2.75, 3.05) is 26.2 Å². The molecular formula is C23H29N3O. The van der Waals surface area contributed by atoms with Gasteiger partial charge in [0.05, 0.1) is 11.6 Å². The van der Waals surface area contributed by atoms with E-state index in [9.17, 15) is 4.79 Å². The summed E-state index contributed by atoms with van der Waals surface area (Å²) in [7, 11) is 0. The molecule has 0 saturated carbocycles. The van der Waals surface area contributed by atoms with Gasteiger partial charge in [-0.05, 0) is 62.4 Å². The topological polar surface area (TPSA) is 36.4 Å². The Morgan fingerprint density at radius 1 is 1.07 bits per heavy atom. The molecule has 2 aliphatic heterocycles. The second kappa shape index (κ2) is 7.81. The van der Waals surface area contributed by atoms with Crippen molar-refractivity contribution in [3.8, 4) is 0 Å². The number of hydrogen-bond acceptors (Lipinski definition) is 3. The Morgan fingerprint density at radius 2 is 1.81 bits per heavy atom. The van der Waals surface area contributed by atoms with Crippen LogP contribution in [0.25, 0.3) is 0 Å². The Bertz CT molecular complexity index is 754. The van der Waals surface area contributed by atoms with Crippen LogP contribution in [0.3, 0.4) is 0 Å². The molecule has 0 radical (unpaired) electrons. The molecule has 4 heteroatoms. The van der Waals surface area contributed by atoms with E-state index in [-0.39, 0.29) is 11.3 Å². The lowest BCUT2D eigenvalue weighted by Gasteiger charge is -2.49. The summed E-state index contributed by atoms with van der Waals surface area (Å²) in [5.74, 6) is 0.326. The van der Waals surface area contributed by atoms with E-state index in [1.807, 2.05) is 18.3 Å². The van der Waals surface area contributed by atoms with E-state index in [4.69, 9.17) is 0 Å². The highest BCUT2D eigenvalue weighted by atomic mass is 16.2. The van der Waals surface area contributed by atoms with Crippen LogP contribution in [0.15, 0.2) is 54.7 Å². The third-order valence-electron chi connectivity index (χ3n) is 6.39. The fraction of sp³-hybridized carbons (Fsp3) is 0.478. The second-order valence-corrected chi connectivity index (χ2v) is 8.12. The molecule has 0 aliphatic carbocycles. The highest BCUT2D eigenvalue weighted by Crippen LogP contribution is 2.45. The normalized spacial score (nSPS) is 22.9. The molecule has 2 aliphatic rings. The van der Waals surface area contributed by atoms with Gasteiger partial charge in [-0.15, -0.1) is 0 Å². The zero-order valence-corrected chi connectivity index (χ0v) is 16.2. The van der Waals surface area contributed by atoms with E-state index >= 15 is 0 Å². The van der Waals surface area contributed by atoms with Gasteiger partial charge in [0.25, 0.3) is 0 Å². The van der Waals surface area contributed by atoms with Gasteiger partial charge in [-0.2, -0.15) is 0 Å². The minimum Gasteiger partial charge on any atom is -0.342 e. The zero-order chi connectivity index (χ0) is 18.7. The van der Waals surface area contributed by atoms with Crippen LogP contribution < -0.4 is 0 Å². The van der Waals surface area contributed by atoms with Gasteiger partial charge in [0, 0.05) is 25.8 Å². The molecule has 0 unspecified atom stereocenters. The molecule has 1 spiro atoms. The van der Waals surface area contributed by atoms with Crippen molar-refractivity contribution >= 4 is 5.91 Å². The SMILES string of the molecule is CCN1CC2(CCN(Cc3ccccn3)CC2)C[C@@H](c2ccccc2)C1=O. The number of rotatable bonds is 4. The molecule has 0 N–H and O–H groups in total. The van der Waals surface area contributed by atoms with E-state index in [0.29, 0.717) is 5.91 Å². The lowest BCUT2D eigenvalue weighted by Crippen LogP contribution is -2.53. The Labute approximate surface area is 162 Å². The summed E-state index contributed by atoms with van der Waals surface area (Å²) in [6.07, 6.45) is 5.18. The molecule has 2 fully saturated rings. The average molecular weight is 364 g/mol. The first kappa shape index (κ1) is 18.2. The molecule has 1 amide bonds. The maximum Gasteiger partial charge on any atom is 0.230 e. The first-order valence-electron chi connectivity index (χ1n) is 10.2. The minimum absolute atomic E-state index is 0.0160. The van der Waals surface area contributed by atoms with Crippen LogP contribution in [-0.4, -0.2) is 46.9 Å². The van der Waals surface area contributed by atoms with E-state index in [1.165, 1.54) is 5.56 Å². The number of hydrogen-bond donors (Lipinski definition) is 0. The van der Waals surface area contributed by atoms with Crippen molar-refractivity contribution in [1.82, 2.24) is 14.8 Å². The van der Waals surface area contributed by atoms with Gasteiger partial charge in [-0.1, -0.05) is 36.4 Å². The number of pyridine rings is 1. The monoisotopic (exact) mass is 363 g/mol. The smallest absolute Gasteiger partial charge is 0.230 e. The van der Waals surface area contributed by atoms with Crippen molar-refractivity contribution in [2.45, 2.75) is 38.6 Å². The summed E-state index contributed by atoms with van der Waals surface area (Å²) in [5, 5.41) is 0. The molecular weight excluding hydrogens is 334 g/mol. The maximum atomic E-state index is 13.0. The predicted molar refractivity (Wildman–Crippen MR) is 107 cm³/mol. The number of amides is 1. The van der Waals surface area contributed by atoms with Crippen LogP contribution in [0.5, 0.6) is 0 Å². The summed E-state index contributed by atoms with van der Waals surface area (Å²) in [5.41, 5.74) is 2.57. The molecule has 3 heterocycles.